The first-order chi connectivity index (χ1) is 24.7. The Morgan fingerprint density at radius 3 is 2.44 bits per heavy atom. The van der Waals surface area contributed by atoms with E-state index in [0.717, 1.165) is 25.7 Å². The topological polar surface area (TPSA) is 199 Å². The molecule has 0 spiro atoms. The summed E-state index contributed by atoms with van der Waals surface area (Å²) in [5.41, 5.74) is 7.10. The Balaban J connectivity index is 1.50. The van der Waals surface area contributed by atoms with Crippen LogP contribution >= 0.6 is 15.9 Å². The Labute approximate surface area is 309 Å². The van der Waals surface area contributed by atoms with E-state index >= 15 is 0 Å². The van der Waals surface area contributed by atoms with Gasteiger partial charge >= 0.3 is 18.3 Å². The molecular weight excluding hydrogens is 740 g/mol. The number of hydrogen-bond donors (Lipinski definition) is 2. The number of hydrogen-bond acceptors (Lipinski definition) is 10. The molecule has 1 saturated heterocycles. The van der Waals surface area contributed by atoms with Crippen molar-refractivity contribution >= 4 is 62.7 Å². The lowest BCUT2D eigenvalue weighted by atomic mass is 9.85. The number of carbonyl (C=O) groups excluding carboxylic acids is 5. The molecule has 3 aliphatic rings. The van der Waals surface area contributed by atoms with Crippen molar-refractivity contribution in [1.82, 2.24) is 20.5 Å². The van der Waals surface area contributed by atoms with E-state index in [-0.39, 0.29) is 42.9 Å². The zero-order chi connectivity index (χ0) is 38.0. The first kappa shape index (κ1) is 38.4. The number of amides is 3. The van der Waals surface area contributed by atoms with Crippen LogP contribution < -0.4 is 20.1 Å². The summed E-state index contributed by atoms with van der Waals surface area (Å²) in [6.07, 6.45) is 4.16. The molecule has 2 saturated carbocycles. The lowest BCUT2D eigenvalue weighted by Crippen LogP contribution is -2.59. The number of nitrogens with one attached hydrogen (secondary N) is 2. The Kier molecular flexibility index (Phi) is 11.4. The molecule has 5 atom stereocenters. The Morgan fingerprint density at radius 2 is 1.85 bits per heavy atom. The van der Waals surface area contributed by atoms with E-state index in [0.29, 0.717) is 27.3 Å². The average molecular weight is 784 g/mol. The monoisotopic (exact) mass is 782 g/mol. The summed E-state index contributed by atoms with van der Waals surface area (Å²) in [5.74, 6) is -2.23. The molecule has 2 aliphatic carbocycles. The van der Waals surface area contributed by atoms with E-state index in [1.54, 1.807) is 39.0 Å². The minimum absolute atomic E-state index is 0.0144. The summed E-state index contributed by atoms with van der Waals surface area (Å²) in [6.45, 7) is 9.05. The van der Waals surface area contributed by atoms with Gasteiger partial charge in [0.05, 0.1) is 30.8 Å². The Hall–Kier alpha value is -4.82. The maximum atomic E-state index is 14.5. The van der Waals surface area contributed by atoms with E-state index in [4.69, 9.17) is 24.5 Å². The minimum Gasteiger partial charge on any atom is -0.495 e. The van der Waals surface area contributed by atoms with Crippen LogP contribution in [-0.2, 0) is 23.9 Å². The number of nitrogens with zero attached hydrogens (tertiary/aromatic N) is 4. The van der Waals surface area contributed by atoms with E-state index < -0.39 is 58.8 Å². The molecule has 0 bridgehead atoms. The number of ether oxygens (including phenoxy) is 4. The number of esters is 1. The fourth-order valence-electron chi connectivity index (χ4n) is 6.87. The summed E-state index contributed by atoms with van der Waals surface area (Å²) in [6, 6.07) is 2.52. The molecule has 2 N–H and O–H groups in total. The van der Waals surface area contributed by atoms with Crippen molar-refractivity contribution in [2.24, 2.45) is 11.3 Å². The van der Waals surface area contributed by atoms with Crippen molar-refractivity contribution in [3.63, 3.8) is 0 Å². The molecule has 3 amide bonds. The Bertz CT molecular complexity index is 1830. The molecule has 2 aromatic rings. The predicted molar refractivity (Wildman–Crippen MR) is 191 cm³/mol. The number of aromatic nitrogens is 1. The second-order valence-corrected chi connectivity index (χ2v) is 15.1. The van der Waals surface area contributed by atoms with Crippen molar-refractivity contribution in [3.05, 3.63) is 46.6 Å². The number of halogens is 1. The van der Waals surface area contributed by atoms with Crippen molar-refractivity contribution < 1.29 is 47.7 Å². The third kappa shape index (κ3) is 7.82. The molecule has 3 fully saturated rings. The number of fused-ring (bicyclic) bond motifs is 1. The molecule has 0 radical (unpaired) electrons. The highest BCUT2D eigenvalue weighted by Crippen LogP contribution is 2.46. The maximum absolute atomic E-state index is 14.5. The van der Waals surface area contributed by atoms with Gasteiger partial charge in [-0.05, 0) is 65.6 Å². The van der Waals surface area contributed by atoms with Crippen molar-refractivity contribution in [2.45, 2.75) is 89.1 Å². The fourth-order valence-corrected chi connectivity index (χ4v) is 7.47. The van der Waals surface area contributed by atoms with Gasteiger partial charge in [-0.2, -0.15) is 4.79 Å². The SMILES string of the molecule is C=C[C@@H]1C[C@]1(NC(=O)[C@@H]1C[C@@H](Oc2cc(C(=O)C=[N+]=[N-])nc3c(Br)c(OC)ccc23)CN1C(=O)[C@@H](NC(=O)OC1CCCC1)C(C)(C)C)C(=O)OC. The fraction of sp³-hybridized carbons (Fsp3) is 0.528. The second-order valence-electron chi connectivity index (χ2n) is 14.3. The van der Waals surface area contributed by atoms with Crippen LogP contribution in [0.4, 0.5) is 4.79 Å². The summed E-state index contributed by atoms with van der Waals surface area (Å²) < 4.78 is 23.0. The van der Waals surface area contributed by atoms with E-state index in [2.05, 4.69) is 42.9 Å². The van der Waals surface area contributed by atoms with Crippen LogP contribution in [0.2, 0.25) is 0 Å². The van der Waals surface area contributed by atoms with Gasteiger partial charge in [0.25, 0.3) is 5.78 Å². The highest BCUT2D eigenvalue weighted by molar-refractivity contribution is 9.10. The highest BCUT2D eigenvalue weighted by Gasteiger charge is 2.62. The molecule has 52 heavy (non-hydrogen) atoms. The molecule has 1 aromatic carbocycles. The first-order valence-corrected chi connectivity index (χ1v) is 17.8. The van der Waals surface area contributed by atoms with Gasteiger partial charge in [-0.3, -0.25) is 14.4 Å². The number of benzene rings is 1. The van der Waals surface area contributed by atoms with Crippen molar-refractivity contribution in [2.75, 3.05) is 20.8 Å². The molecule has 5 rings (SSSR count). The largest absolute Gasteiger partial charge is 0.495 e. The summed E-state index contributed by atoms with van der Waals surface area (Å²) in [7, 11) is 2.70. The zero-order valence-corrected chi connectivity index (χ0v) is 31.4. The predicted octanol–water partition coefficient (Wildman–Crippen LogP) is 4.15. The smallest absolute Gasteiger partial charge is 0.408 e. The van der Waals surface area contributed by atoms with Gasteiger partial charge < -0.3 is 40.0 Å². The maximum Gasteiger partial charge on any atom is 0.408 e. The first-order valence-electron chi connectivity index (χ1n) is 17.0. The quantitative estimate of drug-likeness (QED) is 0.0788. The number of Topliss-reactive ketones (excluding diaryl/α,β-unsaturated/α-hetero) is 1. The van der Waals surface area contributed by atoms with Gasteiger partial charge in [0.1, 0.15) is 47.0 Å². The molecule has 15 nitrogen and oxygen atoms in total. The van der Waals surface area contributed by atoms with Crippen LogP contribution in [0, 0.1) is 11.3 Å². The normalized spacial score (nSPS) is 23.2. The van der Waals surface area contributed by atoms with Crippen LogP contribution in [0.25, 0.3) is 16.4 Å². The number of ketones is 1. The van der Waals surface area contributed by atoms with Crippen LogP contribution in [0.5, 0.6) is 11.5 Å². The van der Waals surface area contributed by atoms with Gasteiger partial charge in [0.15, 0.2) is 0 Å². The molecule has 16 heteroatoms. The molecule has 1 aromatic heterocycles. The average Bonchev–Trinajstić information content (AvgIpc) is 3.37. The molecule has 0 unspecified atom stereocenters. The molecular formula is C36H43BrN6O9. The number of pyridine rings is 1. The van der Waals surface area contributed by atoms with Crippen molar-refractivity contribution in [1.29, 1.82) is 0 Å². The summed E-state index contributed by atoms with van der Waals surface area (Å²) in [4.78, 5) is 76.0. The lowest BCUT2D eigenvalue weighted by Gasteiger charge is -2.35. The minimum atomic E-state index is -1.33. The van der Waals surface area contributed by atoms with Crippen LogP contribution in [-0.4, -0.2) is 101 Å². The van der Waals surface area contributed by atoms with Crippen LogP contribution in [0.3, 0.4) is 0 Å². The van der Waals surface area contributed by atoms with E-state index in [1.165, 1.54) is 25.2 Å². The third-order valence-electron chi connectivity index (χ3n) is 9.78. The summed E-state index contributed by atoms with van der Waals surface area (Å²) >= 11 is 3.48. The van der Waals surface area contributed by atoms with E-state index in [9.17, 15) is 24.0 Å². The number of carbonyl (C=O) groups is 5. The van der Waals surface area contributed by atoms with E-state index in [1.807, 2.05) is 0 Å². The lowest BCUT2D eigenvalue weighted by molar-refractivity contribution is -0.148. The molecule has 1 aliphatic heterocycles. The second kappa shape index (κ2) is 15.4. The van der Waals surface area contributed by atoms with Gasteiger partial charge in [-0.1, -0.05) is 26.8 Å². The number of methoxy groups -OCH3 is 2. The highest BCUT2D eigenvalue weighted by atomic mass is 79.9. The van der Waals surface area contributed by atoms with Crippen molar-refractivity contribution in [3.8, 4) is 11.5 Å². The van der Waals surface area contributed by atoms with Gasteiger partial charge in [-0.15, -0.1) is 6.58 Å². The van der Waals surface area contributed by atoms with Crippen LogP contribution in [0.1, 0.15) is 69.8 Å². The molecule has 2 heterocycles. The standard InChI is InChI=1S/C36H43BrN6O9/c1-7-19-16-36(19,33(47)50-6)42-31(45)24-14-21(18-43(24)32(46)30(35(2,3)4)41-34(48)52-20-10-8-9-11-20)51-27-15-23(25(44)17-39-38)40-29-22(27)12-13-26(49-5)28(29)37/h7,12-13,15,17,19-21,24,30H,1,8-11,14,16,18H2,2-6H3,(H,41,48)(H,42,45)/t19-,21-,24+,30-,36-/m1/s1. The van der Waals surface area contributed by atoms with Crippen LogP contribution in [0.15, 0.2) is 35.3 Å². The zero-order valence-electron chi connectivity index (χ0n) is 29.8. The number of alkyl carbamates (subject to hydrolysis) is 1. The van der Waals surface area contributed by atoms with Gasteiger partial charge in [0.2, 0.25) is 11.8 Å². The summed E-state index contributed by atoms with van der Waals surface area (Å²) in [5, 5.41) is 6.06. The van der Waals surface area contributed by atoms with Gasteiger partial charge in [-0.25, -0.2) is 14.6 Å². The Morgan fingerprint density at radius 1 is 1.13 bits per heavy atom. The third-order valence-corrected chi connectivity index (χ3v) is 10.5. The molecule has 278 valence electrons. The van der Waals surface area contributed by atoms with Gasteiger partial charge in [0, 0.05) is 23.8 Å². The number of likely N-dealkylation sites (tertiary alicyclic amines) is 1. The number of rotatable bonds is 12.